The summed E-state index contributed by atoms with van der Waals surface area (Å²) in [6, 6.07) is 3.23. The topological polar surface area (TPSA) is 177 Å². The van der Waals surface area contributed by atoms with Gasteiger partial charge in [0.15, 0.2) is 11.6 Å². The van der Waals surface area contributed by atoms with Crippen LogP contribution in [0.2, 0.25) is 0 Å². The molecule has 3 aromatic heterocycles. The zero-order chi connectivity index (χ0) is 24.3. The molecule has 0 saturated heterocycles. The van der Waals surface area contributed by atoms with Gasteiger partial charge in [-0.1, -0.05) is 0 Å². The van der Waals surface area contributed by atoms with Gasteiger partial charge in [-0.25, -0.2) is 14.4 Å². The number of hydrogen-bond donors (Lipinski definition) is 3. The van der Waals surface area contributed by atoms with Crippen LogP contribution in [0.4, 0.5) is 31.7 Å². The summed E-state index contributed by atoms with van der Waals surface area (Å²) in [6.07, 6.45) is 6.09. The van der Waals surface area contributed by atoms with Crippen LogP contribution in [0.25, 0.3) is 0 Å². The predicted molar refractivity (Wildman–Crippen MR) is 122 cm³/mol. The molecule has 0 aliphatic rings. The molecule has 14 nitrogen and oxygen atoms in total. The van der Waals surface area contributed by atoms with Gasteiger partial charge in [0.05, 0.1) is 5.84 Å². The van der Waals surface area contributed by atoms with E-state index in [9.17, 15) is 14.4 Å². The molecule has 0 fully saturated rings. The van der Waals surface area contributed by atoms with Crippen LogP contribution in [-0.4, -0.2) is 80.6 Å². The second-order valence-electron chi connectivity index (χ2n) is 7.25. The van der Waals surface area contributed by atoms with Crippen LogP contribution in [0.15, 0.2) is 43.0 Å². The monoisotopic (exact) mass is 455 g/mol. The lowest BCUT2D eigenvalue weighted by Gasteiger charge is -2.17. The van der Waals surface area contributed by atoms with E-state index in [0.29, 0.717) is 5.69 Å². The lowest BCUT2D eigenvalue weighted by molar-refractivity contribution is 0.208. The third-order valence-electron chi connectivity index (χ3n) is 4.78. The summed E-state index contributed by atoms with van der Waals surface area (Å²) >= 11 is 0. The van der Waals surface area contributed by atoms with Crippen molar-refractivity contribution in [3.63, 3.8) is 0 Å². The largest absolute Gasteiger partial charge is 0.397 e. The SMILES string of the molecule is CN(CCC(=N)N)C(=O)n1ccc(N(C)C(=O)n2ccc(N(C)C(=O)n3ccc(N)c3)n2)n1. The first-order chi connectivity index (χ1) is 15.6. The molecule has 3 heterocycles. The van der Waals surface area contributed by atoms with Gasteiger partial charge in [0.1, 0.15) is 0 Å². The number of nitrogen functional groups attached to an aromatic ring is 1. The van der Waals surface area contributed by atoms with Crippen LogP contribution in [0, 0.1) is 5.41 Å². The van der Waals surface area contributed by atoms with Crippen molar-refractivity contribution in [2.45, 2.75) is 6.42 Å². The van der Waals surface area contributed by atoms with E-state index in [-0.39, 0.29) is 30.4 Å². The molecule has 0 aliphatic heterocycles. The van der Waals surface area contributed by atoms with Crippen LogP contribution in [-0.2, 0) is 0 Å². The second-order valence-corrected chi connectivity index (χ2v) is 7.25. The van der Waals surface area contributed by atoms with Crippen molar-refractivity contribution >= 4 is 41.3 Å². The highest BCUT2D eigenvalue weighted by Crippen LogP contribution is 2.15. The zero-order valence-electron chi connectivity index (χ0n) is 18.4. The molecule has 174 valence electrons. The summed E-state index contributed by atoms with van der Waals surface area (Å²) in [5.41, 5.74) is 11.4. The van der Waals surface area contributed by atoms with Gasteiger partial charge in [0, 0.05) is 76.7 Å². The fourth-order valence-electron chi connectivity index (χ4n) is 2.81. The van der Waals surface area contributed by atoms with Gasteiger partial charge in [-0.05, 0) is 6.07 Å². The minimum absolute atomic E-state index is 0.0236. The average Bonchev–Trinajstić information content (AvgIpc) is 3.55. The minimum atomic E-state index is -0.546. The molecule has 14 heteroatoms. The standard InChI is InChI=1S/C19H25N11O3/c1-25(8-5-14(21)22)17(31)29-10-6-16(23-29)27(3)19(33)30-11-7-15(24-30)26(2)18(32)28-9-4-13(20)12-28/h4,6-7,9-12H,5,8,20H2,1-3H3,(H3,21,22). The summed E-state index contributed by atoms with van der Waals surface area (Å²) in [5.74, 6) is 0.448. The third kappa shape index (κ3) is 5.00. The number of hydrogen-bond acceptors (Lipinski definition) is 7. The average molecular weight is 455 g/mol. The minimum Gasteiger partial charge on any atom is -0.397 e. The first-order valence-corrected chi connectivity index (χ1v) is 9.77. The number of anilines is 3. The van der Waals surface area contributed by atoms with Gasteiger partial charge >= 0.3 is 18.1 Å². The molecule has 3 aromatic rings. The molecular formula is C19H25N11O3. The van der Waals surface area contributed by atoms with Crippen LogP contribution in [0.1, 0.15) is 6.42 Å². The molecule has 0 spiro atoms. The Balaban J connectivity index is 1.68. The molecular weight excluding hydrogens is 430 g/mol. The number of aromatic nitrogens is 5. The Hall–Kier alpha value is -4.62. The Kier molecular flexibility index (Phi) is 6.46. The van der Waals surface area contributed by atoms with Crippen LogP contribution >= 0.6 is 0 Å². The van der Waals surface area contributed by atoms with E-state index in [0.717, 1.165) is 9.36 Å². The number of nitrogens with two attached hydrogens (primary N) is 2. The van der Waals surface area contributed by atoms with E-state index >= 15 is 0 Å². The van der Waals surface area contributed by atoms with Crippen LogP contribution in [0.3, 0.4) is 0 Å². The smallest absolute Gasteiger partial charge is 0.350 e. The van der Waals surface area contributed by atoms with Gasteiger partial charge in [0.25, 0.3) is 0 Å². The highest BCUT2D eigenvalue weighted by atomic mass is 16.2. The van der Waals surface area contributed by atoms with Crippen molar-refractivity contribution in [1.29, 1.82) is 5.41 Å². The Bertz CT molecular complexity index is 1190. The first kappa shape index (κ1) is 23.1. The lowest BCUT2D eigenvalue weighted by atomic mass is 10.4. The molecule has 0 bridgehead atoms. The highest BCUT2D eigenvalue weighted by molar-refractivity contribution is 5.94. The molecule has 0 radical (unpaired) electrons. The summed E-state index contributed by atoms with van der Waals surface area (Å²) < 4.78 is 3.45. The first-order valence-electron chi connectivity index (χ1n) is 9.77. The molecule has 5 N–H and O–H groups in total. The molecule has 3 amide bonds. The van der Waals surface area contributed by atoms with E-state index in [2.05, 4.69) is 10.2 Å². The van der Waals surface area contributed by atoms with Gasteiger partial charge in [0.2, 0.25) is 0 Å². The summed E-state index contributed by atoms with van der Waals surface area (Å²) in [6.45, 7) is 0.260. The van der Waals surface area contributed by atoms with Crippen molar-refractivity contribution in [2.24, 2.45) is 5.73 Å². The van der Waals surface area contributed by atoms with E-state index in [1.807, 2.05) is 0 Å². The van der Waals surface area contributed by atoms with Gasteiger partial charge < -0.3 is 16.4 Å². The number of rotatable bonds is 5. The molecule has 0 saturated carbocycles. The Morgan fingerprint density at radius 1 is 0.909 bits per heavy atom. The lowest BCUT2D eigenvalue weighted by Crippen LogP contribution is -2.35. The van der Waals surface area contributed by atoms with Crippen molar-refractivity contribution in [2.75, 3.05) is 43.2 Å². The van der Waals surface area contributed by atoms with Gasteiger partial charge in [-0.15, -0.1) is 10.2 Å². The maximum atomic E-state index is 12.8. The van der Waals surface area contributed by atoms with Crippen LogP contribution in [0.5, 0.6) is 0 Å². The summed E-state index contributed by atoms with van der Waals surface area (Å²) in [7, 11) is 4.57. The Morgan fingerprint density at radius 3 is 1.97 bits per heavy atom. The summed E-state index contributed by atoms with van der Waals surface area (Å²) in [4.78, 5) is 41.6. The van der Waals surface area contributed by atoms with Crippen molar-refractivity contribution < 1.29 is 14.4 Å². The number of amides is 3. The van der Waals surface area contributed by atoms with Gasteiger partial charge in [-0.2, -0.15) is 9.36 Å². The van der Waals surface area contributed by atoms with E-state index in [1.165, 1.54) is 70.3 Å². The number of carbonyl (C=O) groups is 3. The van der Waals surface area contributed by atoms with E-state index < -0.39 is 18.1 Å². The number of nitrogens with one attached hydrogen (secondary N) is 1. The predicted octanol–water partition coefficient (Wildman–Crippen LogP) is 0.898. The summed E-state index contributed by atoms with van der Waals surface area (Å²) in [5, 5.41) is 15.6. The Morgan fingerprint density at radius 2 is 1.45 bits per heavy atom. The maximum absolute atomic E-state index is 12.8. The third-order valence-corrected chi connectivity index (χ3v) is 4.78. The van der Waals surface area contributed by atoms with E-state index in [4.69, 9.17) is 16.9 Å². The molecule has 3 rings (SSSR count). The highest BCUT2D eigenvalue weighted by Gasteiger charge is 2.21. The fraction of sp³-hybridized carbons (Fsp3) is 0.263. The van der Waals surface area contributed by atoms with Gasteiger partial charge in [-0.3, -0.25) is 19.8 Å². The zero-order valence-corrected chi connectivity index (χ0v) is 18.4. The van der Waals surface area contributed by atoms with Crippen molar-refractivity contribution in [3.05, 3.63) is 43.0 Å². The van der Waals surface area contributed by atoms with Crippen molar-refractivity contribution in [3.8, 4) is 0 Å². The normalized spacial score (nSPS) is 10.6. The molecule has 0 aromatic carbocycles. The number of amidine groups is 1. The molecule has 0 unspecified atom stereocenters. The van der Waals surface area contributed by atoms with Crippen LogP contribution < -0.4 is 21.3 Å². The fourth-order valence-corrected chi connectivity index (χ4v) is 2.81. The number of carbonyl (C=O) groups excluding carboxylic acids is 3. The molecule has 0 atom stereocenters. The number of nitrogens with zero attached hydrogens (tertiary/aromatic N) is 8. The maximum Gasteiger partial charge on any atom is 0.350 e. The molecule has 33 heavy (non-hydrogen) atoms. The van der Waals surface area contributed by atoms with E-state index in [1.54, 1.807) is 13.1 Å². The second kappa shape index (κ2) is 9.25. The Labute approximate surface area is 189 Å². The quantitative estimate of drug-likeness (QED) is 0.378. The molecule has 0 aliphatic carbocycles. The van der Waals surface area contributed by atoms with Crippen molar-refractivity contribution in [1.82, 2.24) is 29.0 Å².